The Kier molecular flexibility index (Phi) is 6.79. The maximum atomic E-state index is 5.25. The van der Waals surface area contributed by atoms with Crippen molar-refractivity contribution < 1.29 is 4.74 Å². The topological polar surface area (TPSA) is 57.9 Å². The number of aromatic nitrogens is 2. The molecule has 28 heavy (non-hydrogen) atoms. The number of hydrogen-bond acceptors (Lipinski definition) is 4. The highest BCUT2D eigenvalue weighted by Gasteiger charge is 2.20. The number of guanidine groups is 1. The first-order chi connectivity index (χ1) is 13.6. The Hall–Kier alpha value is -2.70. The Balaban J connectivity index is 1.53. The first-order valence-electron chi connectivity index (χ1n) is 9.95. The number of aliphatic imine (C=N–C) groups is 1. The lowest BCUT2D eigenvalue weighted by Gasteiger charge is -2.37. The van der Waals surface area contributed by atoms with Gasteiger partial charge in [0.05, 0.1) is 13.7 Å². The molecule has 1 aromatic heterocycles. The molecule has 1 N–H and O–H groups in total. The van der Waals surface area contributed by atoms with Gasteiger partial charge in [-0.15, -0.1) is 0 Å². The zero-order chi connectivity index (χ0) is 19.9. The second-order valence-electron chi connectivity index (χ2n) is 7.46. The zero-order valence-electron chi connectivity index (χ0n) is 17.4. The van der Waals surface area contributed by atoms with E-state index in [2.05, 4.69) is 55.6 Å². The van der Waals surface area contributed by atoms with Crippen LogP contribution in [0.5, 0.6) is 5.75 Å². The lowest BCUT2D eigenvalue weighted by atomic mass is 10.2. The minimum Gasteiger partial charge on any atom is -0.497 e. The maximum absolute atomic E-state index is 5.25. The third-order valence-electron chi connectivity index (χ3n) is 5.00. The van der Waals surface area contributed by atoms with Gasteiger partial charge in [0, 0.05) is 57.9 Å². The van der Waals surface area contributed by atoms with Gasteiger partial charge in [-0.2, -0.15) is 0 Å². The molecule has 0 aliphatic carbocycles. The van der Waals surface area contributed by atoms with Crippen LogP contribution in [-0.4, -0.2) is 60.7 Å². The molecule has 1 aliphatic rings. The van der Waals surface area contributed by atoms with Crippen molar-refractivity contribution in [2.24, 2.45) is 10.9 Å². The van der Waals surface area contributed by atoms with Crippen molar-refractivity contribution in [3.05, 3.63) is 42.5 Å². The van der Waals surface area contributed by atoms with E-state index in [0.717, 1.165) is 50.3 Å². The zero-order valence-corrected chi connectivity index (χ0v) is 17.4. The summed E-state index contributed by atoms with van der Waals surface area (Å²) >= 11 is 0. The number of methoxy groups -OCH3 is 1. The second-order valence-corrected chi connectivity index (χ2v) is 7.46. The van der Waals surface area contributed by atoms with E-state index in [4.69, 9.17) is 4.74 Å². The van der Waals surface area contributed by atoms with Crippen LogP contribution >= 0.6 is 0 Å². The van der Waals surface area contributed by atoms with E-state index in [1.54, 1.807) is 7.11 Å². The minimum atomic E-state index is 0.596. The fourth-order valence-corrected chi connectivity index (χ4v) is 3.53. The normalized spacial score (nSPS) is 15.2. The first-order valence-corrected chi connectivity index (χ1v) is 9.95. The number of ether oxygens (including phenoxy) is 1. The molecule has 2 aromatic rings. The lowest BCUT2D eigenvalue weighted by Crippen LogP contribution is -2.52. The summed E-state index contributed by atoms with van der Waals surface area (Å²) < 4.78 is 7.46. The van der Waals surface area contributed by atoms with Gasteiger partial charge in [-0.3, -0.25) is 4.99 Å². The minimum absolute atomic E-state index is 0.596. The molecule has 1 aliphatic heterocycles. The second kappa shape index (κ2) is 9.48. The molecular formula is C21H32N6O. The van der Waals surface area contributed by atoms with Crippen molar-refractivity contribution in [3.63, 3.8) is 0 Å². The van der Waals surface area contributed by atoms with E-state index in [0.29, 0.717) is 12.5 Å². The fourth-order valence-electron chi connectivity index (χ4n) is 3.53. The molecule has 1 aromatic carbocycles. The Morgan fingerprint density at radius 3 is 2.50 bits per heavy atom. The van der Waals surface area contributed by atoms with Gasteiger partial charge in [-0.25, -0.2) is 4.98 Å². The monoisotopic (exact) mass is 384 g/mol. The van der Waals surface area contributed by atoms with Crippen molar-refractivity contribution >= 4 is 11.6 Å². The van der Waals surface area contributed by atoms with Crippen molar-refractivity contribution in [1.82, 2.24) is 19.8 Å². The SMILES string of the molecule is CN=C(NCc1nccn1CC(C)C)N1CCN(c2ccc(OC)cc2)CC1. The molecule has 2 heterocycles. The molecule has 0 saturated carbocycles. The van der Waals surface area contributed by atoms with Gasteiger partial charge in [0.2, 0.25) is 0 Å². The molecule has 0 radical (unpaired) electrons. The van der Waals surface area contributed by atoms with Crippen LogP contribution in [0.4, 0.5) is 5.69 Å². The smallest absolute Gasteiger partial charge is 0.194 e. The number of nitrogens with one attached hydrogen (secondary N) is 1. The van der Waals surface area contributed by atoms with E-state index >= 15 is 0 Å². The van der Waals surface area contributed by atoms with Gasteiger partial charge >= 0.3 is 0 Å². The number of piperazine rings is 1. The summed E-state index contributed by atoms with van der Waals surface area (Å²) in [5, 5.41) is 3.48. The number of nitrogens with zero attached hydrogens (tertiary/aromatic N) is 5. The van der Waals surface area contributed by atoms with Crippen molar-refractivity contribution in [2.75, 3.05) is 45.2 Å². The molecule has 7 heteroatoms. The third kappa shape index (κ3) is 4.97. The van der Waals surface area contributed by atoms with Gasteiger partial charge in [-0.1, -0.05) is 13.8 Å². The summed E-state index contributed by atoms with van der Waals surface area (Å²) in [5.74, 6) is 3.47. The molecule has 0 unspecified atom stereocenters. The molecular weight excluding hydrogens is 352 g/mol. The lowest BCUT2D eigenvalue weighted by molar-refractivity contribution is 0.371. The highest BCUT2D eigenvalue weighted by molar-refractivity contribution is 5.80. The molecule has 0 atom stereocenters. The van der Waals surface area contributed by atoms with Crippen molar-refractivity contribution in [2.45, 2.75) is 26.9 Å². The van der Waals surface area contributed by atoms with Gasteiger partial charge in [0.1, 0.15) is 11.6 Å². The molecule has 0 spiro atoms. The maximum Gasteiger partial charge on any atom is 0.194 e. The quantitative estimate of drug-likeness (QED) is 0.612. The predicted octanol–water partition coefficient (Wildman–Crippen LogP) is 2.45. The Morgan fingerprint density at radius 1 is 1.18 bits per heavy atom. The summed E-state index contributed by atoms with van der Waals surface area (Å²) in [6.45, 7) is 9.92. The molecule has 1 fully saturated rings. The molecule has 1 saturated heterocycles. The summed E-state index contributed by atoms with van der Waals surface area (Å²) in [6, 6.07) is 8.27. The van der Waals surface area contributed by atoms with E-state index in [1.807, 2.05) is 31.6 Å². The molecule has 152 valence electrons. The van der Waals surface area contributed by atoms with E-state index in [9.17, 15) is 0 Å². The van der Waals surface area contributed by atoms with Crippen LogP contribution in [0.2, 0.25) is 0 Å². The van der Waals surface area contributed by atoms with Crippen LogP contribution in [0.15, 0.2) is 41.7 Å². The molecule has 7 nitrogen and oxygen atoms in total. The number of benzene rings is 1. The average molecular weight is 385 g/mol. The number of hydrogen-bond donors (Lipinski definition) is 1. The molecule has 0 amide bonds. The van der Waals surface area contributed by atoms with Crippen LogP contribution in [-0.2, 0) is 13.1 Å². The number of anilines is 1. The molecule has 3 rings (SSSR count). The van der Waals surface area contributed by atoms with E-state index < -0.39 is 0 Å². The fraction of sp³-hybridized carbons (Fsp3) is 0.524. The summed E-state index contributed by atoms with van der Waals surface area (Å²) in [7, 11) is 3.54. The van der Waals surface area contributed by atoms with Gasteiger partial charge in [0.15, 0.2) is 5.96 Å². The van der Waals surface area contributed by atoms with Crippen LogP contribution in [0, 0.1) is 5.92 Å². The first kappa shape index (κ1) is 20.0. The Labute approximate surface area is 168 Å². The summed E-state index contributed by atoms with van der Waals surface area (Å²) in [4.78, 5) is 13.7. The van der Waals surface area contributed by atoms with Crippen LogP contribution in [0.25, 0.3) is 0 Å². The number of imidazole rings is 1. The van der Waals surface area contributed by atoms with Crippen molar-refractivity contribution in [1.29, 1.82) is 0 Å². The van der Waals surface area contributed by atoms with E-state index in [1.165, 1.54) is 5.69 Å². The Bertz CT molecular complexity index is 759. The number of rotatable bonds is 6. The standard InChI is InChI=1S/C21H32N6O/c1-17(2)16-27-10-9-23-20(27)15-24-21(22-3)26-13-11-25(12-14-26)18-5-7-19(28-4)8-6-18/h5-10,17H,11-16H2,1-4H3,(H,22,24). The summed E-state index contributed by atoms with van der Waals surface area (Å²) in [6.07, 6.45) is 3.92. The van der Waals surface area contributed by atoms with Crippen LogP contribution < -0.4 is 15.0 Å². The predicted molar refractivity (Wildman–Crippen MR) is 114 cm³/mol. The third-order valence-corrected chi connectivity index (χ3v) is 5.00. The highest BCUT2D eigenvalue weighted by Crippen LogP contribution is 2.20. The Morgan fingerprint density at radius 2 is 1.89 bits per heavy atom. The summed E-state index contributed by atoms with van der Waals surface area (Å²) in [5.41, 5.74) is 1.24. The average Bonchev–Trinajstić information content (AvgIpc) is 3.15. The van der Waals surface area contributed by atoms with Gasteiger partial charge in [-0.05, 0) is 30.2 Å². The van der Waals surface area contributed by atoms with Gasteiger partial charge < -0.3 is 24.4 Å². The molecule has 0 bridgehead atoms. The largest absolute Gasteiger partial charge is 0.497 e. The van der Waals surface area contributed by atoms with Crippen LogP contribution in [0.3, 0.4) is 0 Å². The van der Waals surface area contributed by atoms with Crippen LogP contribution in [0.1, 0.15) is 19.7 Å². The highest BCUT2D eigenvalue weighted by atomic mass is 16.5. The van der Waals surface area contributed by atoms with E-state index in [-0.39, 0.29) is 0 Å². The van der Waals surface area contributed by atoms with Gasteiger partial charge in [0.25, 0.3) is 0 Å². The van der Waals surface area contributed by atoms with Crippen molar-refractivity contribution in [3.8, 4) is 5.75 Å².